The fraction of sp³-hybridized carbons (Fsp3) is 0.600. The highest BCUT2D eigenvalue weighted by atomic mass is 16.6. The number of nitro benzene ring substituents is 1. The van der Waals surface area contributed by atoms with Crippen LogP contribution in [0.25, 0.3) is 0 Å². The number of rotatable bonds is 4. The highest BCUT2D eigenvalue weighted by molar-refractivity contribution is 5.58. The van der Waals surface area contributed by atoms with Gasteiger partial charge in [-0.15, -0.1) is 0 Å². The van der Waals surface area contributed by atoms with E-state index in [1.165, 1.54) is 26.0 Å². The van der Waals surface area contributed by atoms with Gasteiger partial charge < -0.3 is 10.1 Å². The largest absolute Gasteiger partial charge is 0.490 e. The summed E-state index contributed by atoms with van der Waals surface area (Å²) in [6, 6.07) is 5.39. The first kappa shape index (κ1) is 14.6. The van der Waals surface area contributed by atoms with E-state index in [-0.39, 0.29) is 5.69 Å². The van der Waals surface area contributed by atoms with Crippen molar-refractivity contribution < 1.29 is 9.66 Å². The molecule has 5 heteroatoms. The van der Waals surface area contributed by atoms with E-state index in [1.54, 1.807) is 12.1 Å². The number of nitro groups is 1. The molecule has 0 heterocycles. The van der Waals surface area contributed by atoms with Crippen LogP contribution in [0.15, 0.2) is 18.2 Å². The maximum Gasteiger partial charge on any atom is 0.311 e. The molecule has 1 N–H and O–H groups in total. The van der Waals surface area contributed by atoms with Crippen LogP contribution in [0.1, 0.15) is 33.1 Å². The molecule has 3 atom stereocenters. The summed E-state index contributed by atoms with van der Waals surface area (Å²) in [5, 5.41) is 14.4. The van der Waals surface area contributed by atoms with Gasteiger partial charge in [0.05, 0.1) is 12.0 Å². The maximum absolute atomic E-state index is 10.9. The number of nitrogens with one attached hydrogen (secondary N) is 1. The highest BCUT2D eigenvalue weighted by Gasteiger charge is 2.27. The van der Waals surface area contributed by atoms with E-state index in [4.69, 9.17) is 4.74 Å². The molecule has 1 saturated carbocycles. The van der Waals surface area contributed by atoms with Gasteiger partial charge >= 0.3 is 5.69 Å². The molecule has 1 aromatic carbocycles. The Bertz CT molecular complexity index is 490. The van der Waals surface area contributed by atoms with E-state index >= 15 is 0 Å². The molecule has 1 aromatic rings. The fourth-order valence-electron chi connectivity index (χ4n) is 2.92. The van der Waals surface area contributed by atoms with Crippen molar-refractivity contribution in [2.75, 3.05) is 12.4 Å². The van der Waals surface area contributed by atoms with E-state index in [0.29, 0.717) is 23.6 Å². The molecule has 0 saturated heterocycles. The van der Waals surface area contributed by atoms with Crippen molar-refractivity contribution in [1.29, 1.82) is 0 Å². The van der Waals surface area contributed by atoms with Crippen LogP contribution in [-0.2, 0) is 0 Å². The molecule has 0 spiro atoms. The summed E-state index contributed by atoms with van der Waals surface area (Å²) in [7, 11) is 1.46. The van der Waals surface area contributed by atoms with Gasteiger partial charge in [-0.2, -0.15) is 0 Å². The Labute approximate surface area is 119 Å². The summed E-state index contributed by atoms with van der Waals surface area (Å²) in [5.41, 5.74) is 0.890. The van der Waals surface area contributed by atoms with Gasteiger partial charge in [0.15, 0.2) is 5.75 Å². The van der Waals surface area contributed by atoms with Crippen LogP contribution in [0.4, 0.5) is 11.4 Å². The van der Waals surface area contributed by atoms with E-state index in [9.17, 15) is 10.1 Å². The minimum absolute atomic E-state index is 0.00288. The highest BCUT2D eigenvalue weighted by Crippen LogP contribution is 2.34. The van der Waals surface area contributed by atoms with Gasteiger partial charge in [-0.3, -0.25) is 10.1 Å². The van der Waals surface area contributed by atoms with Crippen molar-refractivity contribution in [3.63, 3.8) is 0 Å². The molecular formula is C15H22N2O3. The van der Waals surface area contributed by atoms with Gasteiger partial charge in [-0.05, 0) is 24.3 Å². The molecule has 20 heavy (non-hydrogen) atoms. The predicted molar refractivity (Wildman–Crippen MR) is 79.2 cm³/mol. The van der Waals surface area contributed by atoms with Crippen molar-refractivity contribution >= 4 is 11.4 Å². The third kappa shape index (κ3) is 3.03. The van der Waals surface area contributed by atoms with E-state index in [2.05, 4.69) is 19.2 Å². The number of hydrogen-bond acceptors (Lipinski definition) is 4. The minimum Gasteiger partial charge on any atom is -0.490 e. The lowest BCUT2D eigenvalue weighted by molar-refractivity contribution is -0.385. The quantitative estimate of drug-likeness (QED) is 0.671. The molecule has 1 fully saturated rings. The summed E-state index contributed by atoms with van der Waals surface area (Å²) in [6.07, 6.45) is 3.65. The standard InChI is InChI=1S/C15H22N2O3/c1-10-5-4-6-13(11(10)2)16-12-7-8-14(17(18)19)15(9-12)20-3/h7-11,13,16H,4-6H2,1-3H3. The van der Waals surface area contributed by atoms with Crippen LogP contribution >= 0.6 is 0 Å². The lowest BCUT2D eigenvalue weighted by atomic mass is 9.78. The molecule has 1 aliphatic rings. The molecule has 2 rings (SSSR count). The Balaban J connectivity index is 2.15. The van der Waals surface area contributed by atoms with E-state index < -0.39 is 4.92 Å². The van der Waals surface area contributed by atoms with Crippen molar-refractivity contribution in [3.05, 3.63) is 28.3 Å². The first-order chi connectivity index (χ1) is 9.52. The Hall–Kier alpha value is -1.78. The monoisotopic (exact) mass is 278 g/mol. The van der Waals surface area contributed by atoms with Crippen LogP contribution in [0.2, 0.25) is 0 Å². The summed E-state index contributed by atoms with van der Waals surface area (Å²) >= 11 is 0. The van der Waals surface area contributed by atoms with Crippen LogP contribution in [0, 0.1) is 22.0 Å². The fourth-order valence-corrected chi connectivity index (χ4v) is 2.92. The van der Waals surface area contributed by atoms with E-state index in [0.717, 1.165) is 12.1 Å². The van der Waals surface area contributed by atoms with Gasteiger partial charge in [0.25, 0.3) is 0 Å². The van der Waals surface area contributed by atoms with Gasteiger partial charge in [0.1, 0.15) is 0 Å². The average molecular weight is 278 g/mol. The molecule has 0 amide bonds. The van der Waals surface area contributed by atoms with Gasteiger partial charge in [0, 0.05) is 23.9 Å². The van der Waals surface area contributed by atoms with Crippen LogP contribution in [-0.4, -0.2) is 18.1 Å². The lowest BCUT2D eigenvalue weighted by Crippen LogP contribution is -2.34. The zero-order valence-corrected chi connectivity index (χ0v) is 12.3. The predicted octanol–water partition coefficient (Wildman–Crippen LogP) is 3.84. The number of benzene rings is 1. The molecule has 1 aliphatic carbocycles. The summed E-state index contributed by atoms with van der Waals surface area (Å²) in [5.74, 6) is 1.61. The van der Waals surface area contributed by atoms with Crippen LogP contribution in [0.5, 0.6) is 5.75 Å². The van der Waals surface area contributed by atoms with Gasteiger partial charge in [-0.1, -0.05) is 26.7 Å². The maximum atomic E-state index is 10.9. The van der Waals surface area contributed by atoms with Crippen LogP contribution < -0.4 is 10.1 Å². The Morgan fingerprint density at radius 2 is 2.10 bits per heavy atom. The molecule has 0 aliphatic heterocycles. The van der Waals surface area contributed by atoms with Crippen molar-refractivity contribution in [1.82, 2.24) is 0 Å². The zero-order valence-electron chi connectivity index (χ0n) is 12.3. The number of methoxy groups -OCH3 is 1. The zero-order chi connectivity index (χ0) is 14.7. The second kappa shape index (κ2) is 6.11. The molecule has 0 radical (unpaired) electrons. The first-order valence-corrected chi connectivity index (χ1v) is 7.12. The van der Waals surface area contributed by atoms with Crippen molar-refractivity contribution in [2.24, 2.45) is 11.8 Å². The Morgan fingerprint density at radius 1 is 1.35 bits per heavy atom. The normalized spacial score (nSPS) is 26.1. The molecular weight excluding hydrogens is 256 g/mol. The number of anilines is 1. The molecule has 3 unspecified atom stereocenters. The minimum atomic E-state index is -0.423. The van der Waals surface area contributed by atoms with Gasteiger partial charge in [-0.25, -0.2) is 0 Å². The van der Waals surface area contributed by atoms with Crippen LogP contribution in [0.3, 0.4) is 0 Å². The topological polar surface area (TPSA) is 64.4 Å². The summed E-state index contributed by atoms with van der Waals surface area (Å²) in [6.45, 7) is 4.55. The Kier molecular flexibility index (Phi) is 4.47. The second-order valence-electron chi connectivity index (χ2n) is 5.66. The SMILES string of the molecule is COc1cc(NC2CCCC(C)C2C)ccc1[N+](=O)[O-]. The van der Waals surface area contributed by atoms with E-state index in [1.807, 2.05) is 0 Å². The Morgan fingerprint density at radius 3 is 2.75 bits per heavy atom. The smallest absolute Gasteiger partial charge is 0.311 e. The summed E-state index contributed by atoms with van der Waals surface area (Å²) in [4.78, 5) is 10.5. The first-order valence-electron chi connectivity index (χ1n) is 7.12. The van der Waals surface area contributed by atoms with Crippen molar-refractivity contribution in [2.45, 2.75) is 39.2 Å². The van der Waals surface area contributed by atoms with Crippen molar-refractivity contribution in [3.8, 4) is 5.75 Å². The molecule has 110 valence electrons. The number of hydrogen-bond donors (Lipinski definition) is 1. The third-order valence-corrected chi connectivity index (χ3v) is 4.44. The number of ether oxygens (including phenoxy) is 1. The molecule has 0 aromatic heterocycles. The summed E-state index contributed by atoms with van der Waals surface area (Å²) < 4.78 is 5.10. The average Bonchev–Trinajstić information content (AvgIpc) is 2.43. The molecule has 5 nitrogen and oxygen atoms in total. The van der Waals surface area contributed by atoms with Gasteiger partial charge in [0.2, 0.25) is 0 Å². The third-order valence-electron chi connectivity index (χ3n) is 4.44. The lowest BCUT2D eigenvalue weighted by Gasteiger charge is -2.35. The molecule has 0 bridgehead atoms. The second-order valence-corrected chi connectivity index (χ2v) is 5.66. The number of nitrogens with zero attached hydrogens (tertiary/aromatic N) is 1.